The van der Waals surface area contributed by atoms with Crippen molar-refractivity contribution in [1.29, 1.82) is 0 Å². The lowest BCUT2D eigenvalue weighted by Crippen LogP contribution is -2.23. The van der Waals surface area contributed by atoms with E-state index in [1.54, 1.807) is 0 Å². The van der Waals surface area contributed by atoms with Crippen molar-refractivity contribution in [2.45, 2.75) is 39.2 Å². The first-order valence-electron chi connectivity index (χ1n) is 7.16. The van der Waals surface area contributed by atoms with Gasteiger partial charge in [0.1, 0.15) is 0 Å². The quantitative estimate of drug-likeness (QED) is 0.777. The van der Waals surface area contributed by atoms with E-state index in [4.69, 9.17) is 23.2 Å². The summed E-state index contributed by atoms with van der Waals surface area (Å²) in [7, 11) is 0. The van der Waals surface area contributed by atoms with Gasteiger partial charge in [0.15, 0.2) is 0 Å². The van der Waals surface area contributed by atoms with Crippen molar-refractivity contribution in [3.8, 4) is 0 Å². The highest BCUT2D eigenvalue weighted by Gasteiger charge is 2.22. The Labute approximate surface area is 139 Å². The molecule has 0 amide bonds. The third-order valence-corrected chi connectivity index (χ3v) is 4.61. The third-order valence-electron chi connectivity index (χ3n) is 3.20. The number of nitrogens with one attached hydrogen (secondary N) is 1. The molecule has 3 nitrogen and oxygen atoms in total. The van der Waals surface area contributed by atoms with Crippen molar-refractivity contribution in [2.75, 3.05) is 6.54 Å². The molecule has 2 aromatic rings. The molecule has 0 aliphatic carbocycles. The van der Waals surface area contributed by atoms with Gasteiger partial charge in [0, 0.05) is 10.0 Å². The minimum atomic E-state index is -0.00213. The molecule has 1 heterocycles. The molecule has 0 radical (unpaired) electrons. The zero-order chi connectivity index (χ0) is 15.2. The number of halogens is 2. The van der Waals surface area contributed by atoms with Crippen molar-refractivity contribution in [3.05, 3.63) is 44.4 Å². The summed E-state index contributed by atoms with van der Waals surface area (Å²) in [5.74, 6) is 0. The molecule has 21 heavy (non-hydrogen) atoms. The molecule has 1 unspecified atom stereocenters. The topological polar surface area (TPSA) is 37.8 Å². The average Bonchev–Trinajstić information content (AvgIpc) is 2.92. The summed E-state index contributed by atoms with van der Waals surface area (Å²) in [5.41, 5.74) is 2.04. The predicted molar refractivity (Wildman–Crippen MR) is 90.5 cm³/mol. The number of rotatable bonds is 7. The standard InChI is InChI=1S/C15H19Cl2N3S/c1-3-5-13-15(21-20-19-13)14(18-8-4-2)11-9-10(16)6-7-12(11)17/h6-7,9,14,18H,3-5,8H2,1-2H3. The van der Waals surface area contributed by atoms with Crippen molar-refractivity contribution in [2.24, 2.45) is 0 Å². The van der Waals surface area contributed by atoms with Crippen LogP contribution in [0.3, 0.4) is 0 Å². The number of nitrogens with zero attached hydrogens (tertiary/aromatic N) is 2. The summed E-state index contributed by atoms with van der Waals surface area (Å²) >= 11 is 14.0. The molecule has 0 fully saturated rings. The van der Waals surface area contributed by atoms with Gasteiger partial charge in [-0.25, -0.2) is 0 Å². The zero-order valence-electron chi connectivity index (χ0n) is 12.2. The van der Waals surface area contributed by atoms with Gasteiger partial charge in [-0.05, 0) is 54.7 Å². The molecule has 2 rings (SSSR count). The molecule has 0 aliphatic heterocycles. The van der Waals surface area contributed by atoms with E-state index in [0.29, 0.717) is 10.0 Å². The van der Waals surface area contributed by atoms with Crippen LogP contribution < -0.4 is 5.32 Å². The van der Waals surface area contributed by atoms with Gasteiger partial charge < -0.3 is 5.32 Å². The maximum Gasteiger partial charge on any atom is 0.0807 e. The van der Waals surface area contributed by atoms with Crippen molar-refractivity contribution in [3.63, 3.8) is 0 Å². The summed E-state index contributed by atoms with van der Waals surface area (Å²) in [4.78, 5) is 1.13. The van der Waals surface area contributed by atoms with Crippen molar-refractivity contribution >= 4 is 34.7 Å². The Bertz CT molecular complexity index is 586. The summed E-state index contributed by atoms with van der Waals surface area (Å²) in [5, 5.41) is 9.21. The Kier molecular flexibility index (Phi) is 6.42. The van der Waals surface area contributed by atoms with E-state index in [9.17, 15) is 0 Å². The highest BCUT2D eigenvalue weighted by atomic mass is 35.5. The Morgan fingerprint density at radius 3 is 2.76 bits per heavy atom. The molecule has 1 aromatic carbocycles. The van der Waals surface area contributed by atoms with Crippen LogP contribution in [0.4, 0.5) is 0 Å². The molecule has 0 bridgehead atoms. The summed E-state index contributed by atoms with van der Waals surface area (Å²) < 4.78 is 4.12. The minimum absolute atomic E-state index is 0.00213. The first kappa shape index (κ1) is 16.7. The molecule has 0 saturated heterocycles. The second-order valence-corrected chi connectivity index (χ2v) is 6.52. The molecule has 0 aliphatic rings. The number of hydrogen-bond acceptors (Lipinski definition) is 4. The van der Waals surface area contributed by atoms with E-state index >= 15 is 0 Å². The largest absolute Gasteiger partial charge is 0.305 e. The van der Waals surface area contributed by atoms with Crippen LogP contribution in [0, 0.1) is 0 Å². The Morgan fingerprint density at radius 2 is 2.05 bits per heavy atom. The molecule has 1 aromatic heterocycles. The fraction of sp³-hybridized carbons (Fsp3) is 0.467. The molecule has 6 heteroatoms. The lowest BCUT2D eigenvalue weighted by atomic mass is 10.0. The van der Waals surface area contributed by atoms with E-state index in [1.807, 2.05) is 18.2 Å². The Hall–Kier alpha value is -0.680. The fourth-order valence-corrected chi connectivity index (χ4v) is 3.41. The maximum absolute atomic E-state index is 6.38. The predicted octanol–water partition coefficient (Wildman–Crippen LogP) is 4.89. The van der Waals surface area contributed by atoms with Gasteiger partial charge in [-0.15, -0.1) is 5.10 Å². The summed E-state index contributed by atoms with van der Waals surface area (Å²) in [6.07, 6.45) is 3.01. The molecule has 1 N–H and O–H groups in total. The first-order chi connectivity index (χ1) is 10.2. The maximum atomic E-state index is 6.38. The summed E-state index contributed by atoms with van der Waals surface area (Å²) in [6, 6.07) is 5.57. The average molecular weight is 344 g/mol. The molecule has 0 spiro atoms. The van der Waals surface area contributed by atoms with Gasteiger partial charge in [0.2, 0.25) is 0 Å². The van der Waals surface area contributed by atoms with Crippen molar-refractivity contribution < 1.29 is 0 Å². The van der Waals surface area contributed by atoms with Gasteiger partial charge in [-0.1, -0.05) is 48.0 Å². The SMILES string of the molecule is CCCNC(c1cc(Cl)ccc1Cl)c1snnc1CCC. The third kappa shape index (κ3) is 4.16. The van der Waals surface area contributed by atoms with Gasteiger partial charge in [0.05, 0.1) is 16.6 Å². The number of aryl methyl sites for hydroxylation is 1. The Morgan fingerprint density at radius 1 is 1.24 bits per heavy atom. The normalized spacial score (nSPS) is 12.6. The molecule has 0 saturated carbocycles. The highest BCUT2D eigenvalue weighted by Crippen LogP contribution is 2.33. The zero-order valence-corrected chi connectivity index (χ0v) is 14.5. The van der Waals surface area contributed by atoms with Crippen LogP contribution in [0.1, 0.15) is 48.9 Å². The van der Waals surface area contributed by atoms with Crippen LogP contribution in [0.5, 0.6) is 0 Å². The second-order valence-electron chi connectivity index (χ2n) is 4.89. The van der Waals surface area contributed by atoms with Gasteiger partial charge in [-0.3, -0.25) is 0 Å². The minimum Gasteiger partial charge on any atom is -0.305 e. The molecule has 1 atom stereocenters. The van der Waals surface area contributed by atoms with E-state index in [-0.39, 0.29) is 6.04 Å². The Balaban J connectivity index is 2.42. The van der Waals surface area contributed by atoms with E-state index < -0.39 is 0 Å². The van der Waals surface area contributed by atoms with Crippen LogP contribution in [-0.4, -0.2) is 16.1 Å². The van der Waals surface area contributed by atoms with Crippen LogP contribution in [0.25, 0.3) is 0 Å². The summed E-state index contributed by atoms with van der Waals surface area (Å²) in [6.45, 7) is 5.18. The van der Waals surface area contributed by atoms with Crippen LogP contribution in [0.2, 0.25) is 10.0 Å². The van der Waals surface area contributed by atoms with Gasteiger partial charge >= 0.3 is 0 Å². The van der Waals surface area contributed by atoms with E-state index in [1.165, 1.54) is 11.5 Å². The van der Waals surface area contributed by atoms with Crippen LogP contribution in [-0.2, 0) is 6.42 Å². The van der Waals surface area contributed by atoms with E-state index in [0.717, 1.165) is 41.9 Å². The second kappa shape index (κ2) is 8.08. The van der Waals surface area contributed by atoms with Gasteiger partial charge in [0.25, 0.3) is 0 Å². The number of hydrogen-bond donors (Lipinski definition) is 1. The molecule has 114 valence electrons. The van der Waals surface area contributed by atoms with E-state index in [2.05, 4.69) is 28.8 Å². The van der Waals surface area contributed by atoms with Crippen LogP contribution >= 0.6 is 34.7 Å². The lowest BCUT2D eigenvalue weighted by Gasteiger charge is -2.19. The molecular weight excluding hydrogens is 325 g/mol. The van der Waals surface area contributed by atoms with Crippen molar-refractivity contribution in [1.82, 2.24) is 14.9 Å². The first-order valence-corrected chi connectivity index (χ1v) is 8.69. The number of aromatic nitrogens is 2. The van der Waals surface area contributed by atoms with Crippen LogP contribution in [0.15, 0.2) is 18.2 Å². The lowest BCUT2D eigenvalue weighted by molar-refractivity contribution is 0.599. The fourth-order valence-electron chi connectivity index (χ4n) is 2.21. The number of benzene rings is 1. The molecular formula is C15H19Cl2N3S. The van der Waals surface area contributed by atoms with Gasteiger partial charge in [-0.2, -0.15) is 0 Å². The smallest absolute Gasteiger partial charge is 0.0807 e. The highest BCUT2D eigenvalue weighted by molar-refractivity contribution is 7.05. The monoisotopic (exact) mass is 343 g/mol.